The molecule has 0 spiro atoms. The summed E-state index contributed by atoms with van der Waals surface area (Å²) in [7, 11) is 0. The van der Waals surface area contributed by atoms with Crippen molar-refractivity contribution in [3.8, 4) is 0 Å². The van der Waals surface area contributed by atoms with Crippen LogP contribution >= 0.6 is 0 Å². The molecule has 0 amide bonds. The standard InChI is InChI=1S/C13H22N4O/c1-3-6-17-12(14-9-15-17)13(18)7-10(2)16(8-13)11-4-5-11/h9-11,18H,3-8H2,1-2H3. The highest BCUT2D eigenvalue weighted by Gasteiger charge is 2.49. The Kier molecular flexibility index (Phi) is 2.90. The number of aryl methyl sites for hydroxylation is 1. The summed E-state index contributed by atoms with van der Waals surface area (Å²) in [6.45, 7) is 5.86. The Morgan fingerprint density at radius 2 is 2.28 bits per heavy atom. The van der Waals surface area contributed by atoms with Crippen LogP contribution in [0.25, 0.3) is 0 Å². The van der Waals surface area contributed by atoms with Gasteiger partial charge in [0.15, 0.2) is 5.82 Å². The van der Waals surface area contributed by atoms with Crippen molar-refractivity contribution in [3.63, 3.8) is 0 Å². The van der Waals surface area contributed by atoms with Gasteiger partial charge in [-0.1, -0.05) is 6.92 Å². The highest BCUT2D eigenvalue weighted by Crippen LogP contribution is 2.41. The molecule has 2 fully saturated rings. The molecular formula is C13H22N4O. The van der Waals surface area contributed by atoms with Gasteiger partial charge in [0.05, 0.1) is 0 Å². The van der Waals surface area contributed by atoms with Gasteiger partial charge in [0.1, 0.15) is 11.9 Å². The lowest BCUT2D eigenvalue weighted by Crippen LogP contribution is -2.35. The number of likely N-dealkylation sites (tertiary alicyclic amines) is 1. The minimum Gasteiger partial charge on any atom is -0.380 e. The van der Waals surface area contributed by atoms with Crippen molar-refractivity contribution in [2.45, 2.75) is 63.8 Å². The molecule has 2 unspecified atom stereocenters. The third-order valence-electron chi connectivity index (χ3n) is 4.13. The van der Waals surface area contributed by atoms with E-state index in [2.05, 4.69) is 28.8 Å². The van der Waals surface area contributed by atoms with Crippen LogP contribution in [0.15, 0.2) is 6.33 Å². The van der Waals surface area contributed by atoms with Gasteiger partial charge in [0, 0.05) is 25.2 Å². The molecule has 0 radical (unpaired) electrons. The highest BCUT2D eigenvalue weighted by atomic mass is 16.3. The van der Waals surface area contributed by atoms with Crippen molar-refractivity contribution in [3.05, 3.63) is 12.2 Å². The molecule has 5 nitrogen and oxygen atoms in total. The summed E-state index contributed by atoms with van der Waals surface area (Å²) in [5.41, 5.74) is -0.812. The predicted octanol–water partition coefficient (Wildman–Crippen LogP) is 1.13. The van der Waals surface area contributed by atoms with E-state index in [4.69, 9.17) is 0 Å². The fourth-order valence-electron chi connectivity index (χ4n) is 3.19. The first-order valence-electron chi connectivity index (χ1n) is 7.00. The normalized spacial score (nSPS) is 33.2. The second-order valence-electron chi connectivity index (χ2n) is 5.80. The van der Waals surface area contributed by atoms with Crippen LogP contribution in [-0.2, 0) is 12.1 Å². The number of aromatic nitrogens is 3. The van der Waals surface area contributed by atoms with Gasteiger partial charge in [0.25, 0.3) is 0 Å². The van der Waals surface area contributed by atoms with Gasteiger partial charge in [-0.2, -0.15) is 5.10 Å². The summed E-state index contributed by atoms with van der Waals surface area (Å²) < 4.78 is 1.86. The largest absolute Gasteiger partial charge is 0.380 e. The first-order chi connectivity index (χ1) is 8.64. The molecule has 3 rings (SSSR count). The first-order valence-corrected chi connectivity index (χ1v) is 7.00. The van der Waals surface area contributed by atoms with Crippen molar-refractivity contribution in [2.75, 3.05) is 6.54 Å². The van der Waals surface area contributed by atoms with Crippen molar-refractivity contribution in [2.24, 2.45) is 0 Å². The van der Waals surface area contributed by atoms with Crippen LogP contribution in [0.1, 0.15) is 45.4 Å². The van der Waals surface area contributed by atoms with E-state index in [9.17, 15) is 5.11 Å². The Balaban J connectivity index is 1.83. The summed E-state index contributed by atoms with van der Waals surface area (Å²) in [5.74, 6) is 0.749. The van der Waals surface area contributed by atoms with Crippen molar-refractivity contribution in [1.29, 1.82) is 0 Å². The van der Waals surface area contributed by atoms with Gasteiger partial charge in [0.2, 0.25) is 0 Å². The molecule has 1 aliphatic heterocycles. The molecule has 1 saturated carbocycles. The average Bonchev–Trinajstić information content (AvgIpc) is 2.97. The molecule has 2 aliphatic rings. The third-order valence-corrected chi connectivity index (χ3v) is 4.13. The van der Waals surface area contributed by atoms with Crippen LogP contribution in [0.4, 0.5) is 0 Å². The van der Waals surface area contributed by atoms with Crippen LogP contribution < -0.4 is 0 Å². The summed E-state index contributed by atoms with van der Waals surface area (Å²) in [6, 6.07) is 1.13. The molecule has 1 saturated heterocycles. The van der Waals surface area contributed by atoms with Crippen molar-refractivity contribution >= 4 is 0 Å². The Morgan fingerprint density at radius 1 is 1.50 bits per heavy atom. The molecule has 2 atom stereocenters. The van der Waals surface area contributed by atoms with E-state index in [1.165, 1.54) is 12.8 Å². The summed E-state index contributed by atoms with van der Waals surface area (Å²) >= 11 is 0. The number of rotatable bonds is 4. The van der Waals surface area contributed by atoms with Gasteiger partial charge in [-0.3, -0.25) is 4.90 Å². The molecule has 1 aromatic heterocycles. The van der Waals surface area contributed by atoms with E-state index >= 15 is 0 Å². The minimum absolute atomic E-state index is 0.439. The molecular weight excluding hydrogens is 228 g/mol. The van der Waals surface area contributed by atoms with E-state index in [0.717, 1.165) is 25.2 Å². The lowest BCUT2D eigenvalue weighted by Gasteiger charge is -2.23. The lowest BCUT2D eigenvalue weighted by atomic mass is 10.00. The van der Waals surface area contributed by atoms with E-state index in [1.54, 1.807) is 6.33 Å². The molecule has 5 heteroatoms. The quantitative estimate of drug-likeness (QED) is 0.870. The van der Waals surface area contributed by atoms with Gasteiger partial charge >= 0.3 is 0 Å². The fraction of sp³-hybridized carbons (Fsp3) is 0.846. The second-order valence-corrected chi connectivity index (χ2v) is 5.80. The van der Waals surface area contributed by atoms with Gasteiger partial charge in [-0.05, 0) is 32.6 Å². The zero-order valence-electron chi connectivity index (χ0n) is 11.2. The van der Waals surface area contributed by atoms with E-state index in [1.807, 2.05) is 4.68 Å². The maximum absolute atomic E-state index is 10.9. The van der Waals surface area contributed by atoms with Gasteiger partial charge in [-0.25, -0.2) is 9.67 Å². The molecule has 0 bridgehead atoms. The Labute approximate surface area is 108 Å². The molecule has 1 N–H and O–H groups in total. The average molecular weight is 250 g/mol. The Bertz CT molecular complexity index is 428. The molecule has 100 valence electrons. The molecule has 0 aromatic carbocycles. The maximum atomic E-state index is 10.9. The second kappa shape index (κ2) is 4.31. The summed E-state index contributed by atoms with van der Waals surface area (Å²) in [5, 5.41) is 15.1. The lowest BCUT2D eigenvalue weighted by molar-refractivity contribution is 0.0314. The Morgan fingerprint density at radius 3 is 2.94 bits per heavy atom. The minimum atomic E-state index is -0.812. The van der Waals surface area contributed by atoms with Crippen LogP contribution in [0.5, 0.6) is 0 Å². The third kappa shape index (κ3) is 1.95. The Hall–Kier alpha value is -0.940. The highest BCUT2D eigenvalue weighted by molar-refractivity contribution is 5.10. The van der Waals surface area contributed by atoms with Crippen LogP contribution in [0, 0.1) is 0 Å². The number of aliphatic hydroxyl groups is 1. The van der Waals surface area contributed by atoms with Gasteiger partial charge < -0.3 is 5.11 Å². The SMILES string of the molecule is CCCn1ncnc1C1(O)CC(C)N(C2CC2)C1. The smallest absolute Gasteiger partial charge is 0.160 e. The number of hydrogen-bond donors (Lipinski definition) is 1. The van der Waals surface area contributed by atoms with Crippen molar-refractivity contribution in [1.82, 2.24) is 19.7 Å². The fourth-order valence-corrected chi connectivity index (χ4v) is 3.19. The summed E-state index contributed by atoms with van der Waals surface area (Å²) in [6.07, 6.45) is 5.90. The van der Waals surface area contributed by atoms with E-state index in [-0.39, 0.29) is 0 Å². The summed E-state index contributed by atoms with van der Waals surface area (Å²) in [4.78, 5) is 6.75. The molecule has 1 aromatic rings. The van der Waals surface area contributed by atoms with E-state index in [0.29, 0.717) is 18.6 Å². The zero-order valence-corrected chi connectivity index (χ0v) is 11.2. The topological polar surface area (TPSA) is 54.2 Å². The van der Waals surface area contributed by atoms with Crippen LogP contribution in [0.3, 0.4) is 0 Å². The zero-order chi connectivity index (χ0) is 12.8. The number of β-amino-alcohol motifs (C(OH)–C–C–N with tert-alkyl or cyclic N) is 1. The number of nitrogens with zero attached hydrogens (tertiary/aromatic N) is 4. The van der Waals surface area contributed by atoms with E-state index < -0.39 is 5.60 Å². The molecule has 1 aliphatic carbocycles. The monoisotopic (exact) mass is 250 g/mol. The van der Waals surface area contributed by atoms with Gasteiger partial charge in [-0.15, -0.1) is 0 Å². The maximum Gasteiger partial charge on any atom is 0.160 e. The molecule has 2 heterocycles. The first kappa shape index (κ1) is 12.1. The van der Waals surface area contributed by atoms with Crippen LogP contribution in [-0.4, -0.2) is 43.4 Å². The number of hydrogen-bond acceptors (Lipinski definition) is 4. The van der Waals surface area contributed by atoms with Crippen molar-refractivity contribution < 1.29 is 5.11 Å². The predicted molar refractivity (Wildman–Crippen MR) is 68.0 cm³/mol. The van der Waals surface area contributed by atoms with Crippen LogP contribution in [0.2, 0.25) is 0 Å². The molecule has 18 heavy (non-hydrogen) atoms.